The maximum atomic E-state index is 12.4. The van der Waals surface area contributed by atoms with Crippen LogP contribution in [0, 0.1) is 13.8 Å². The summed E-state index contributed by atoms with van der Waals surface area (Å²) in [5.41, 5.74) is 2.69. The minimum atomic E-state index is -0.149. The fourth-order valence-electron chi connectivity index (χ4n) is 2.79. The Hall–Kier alpha value is -2.72. The van der Waals surface area contributed by atoms with Gasteiger partial charge in [0, 0.05) is 11.4 Å². The molecule has 8 nitrogen and oxygen atoms in total. The minimum absolute atomic E-state index is 0.149. The third kappa shape index (κ3) is 3.78. The number of nitrogens with zero attached hydrogens (tertiary/aromatic N) is 5. The molecule has 0 unspecified atom stereocenters. The summed E-state index contributed by atoms with van der Waals surface area (Å²) in [6, 6.07) is 7.65. The van der Waals surface area contributed by atoms with E-state index >= 15 is 0 Å². The Balaban J connectivity index is 1.44. The van der Waals surface area contributed by atoms with Crippen molar-refractivity contribution in [3.8, 4) is 5.75 Å². The van der Waals surface area contributed by atoms with Gasteiger partial charge in [-0.25, -0.2) is 9.97 Å². The van der Waals surface area contributed by atoms with Crippen molar-refractivity contribution in [2.75, 3.05) is 17.7 Å². The van der Waals surface area contributed by atoms with Gasteiger partial charge in [0.25, 0.3) is 5.78 Å². The maximum absolute atomic E-state index is 12.4. The summed E-state index contributed by atoms with van der Waals surface area (Å²) in [7, 11) is 0. The Kier molecular flexibility index (Phi) is 5.14. The topological polar surface area (TPSA) is 94.3 Å². The van der Waals surface area contributed by atoms with Gasteiger partial charge in [-0.15, -0.1) is 10.2 Å². The van der Waals surface area contributed by atoms with Crippen LogP contribution in [-0.2, 0) is 4.79 Å². The van der Waals surface area contributed by atoms with Crippen LogP contribution in [0.1, 0.15) is 18.3 Å². The molecule has 0 bridgehead atoms. The summed E-state index contributed by atoms with van der Waals surface area (Å²) in [5, 5.41) is 12.3. The molecule has 3 aromatic heterocycles. The fourth-order valence-corrected chi connectivity index (χ4v) is 4.49. The van der Waals surface area contributed by atoms with Gasteiger partial charge in [0.15, 0.2) is 10.3 Å². The van der Waals surface area contributed by atoms with Crippen molar-refractivity contribution in [3.63, 3.8) is 0 Å². The number of anilines is 1. The van der Waals surface area contributed by atoms with Crippen LogP contribution in [0.5, 0.6) is 5.75 Å². The van der Waals surface area contributed by atoms with Gasteiger partial charge in [0.05, 0.1) is 22.6 Å². The molecule has 28 heavy (non-hydrogen) atoms. The molecule has 0 aliphatic heterocycles. The first-order chi connectivity index (χ1) is 13.5. The van der Waals surface area contributed by atoms with Gasteiger partial charge in [0.1, 0.15) is 5.75 Å². The van der Waals surface area contributed by atoms with Crippen molar-refractivity contribution in [2.45, 2.75) is 25.9 Å². The number of nitrogens with one attached hydrogen (secondary N) is 1. The van der Waals surface area contributed by atoms with E-state index in [4.69, 9.17) is 4.74 Å². The van der Waals surface area contributed by atoms with Crippen LogP contribution in [0.4, 0.5) is 5.13 Å². The number of aryl methyl sites for hydroxylation is 2. The summed E-state index contributed by atoms with van der Waals surface area (Å²) in [6.45, 7) is 6.43. The predicted octanol–water partition coefficient (Wildman–Crippen LogP) is 3.48. The van der Waals surface area contributed by atoms with Crippen LogP contribution >= 0.6 is 23.1 Å². The van der Waals surface area contributed by atoms with Crippen molar-refractivity contribution in [1.29, 1.82) is 0 Å². The first kappa shape index (κ1) is 18.6. The summed E-state index contributed by atoms with van der Waals surface area (Å²) < 4.78 is 8.32. The zero-order valence-corrected chi connectivity index (χ0v) is 17.2. The number of thiazole rings is 1. The van der Waals surface area contributed by atoms with E-state index in [0.29, 0.717) is 22.7 Å². The lowest BCUT2D eigenvalue weighted by atomic mass is 10.3. The van der Waals surface area contributed by atoms with Gasteiger partial charge in [-0.3, -0.25) is 9.20 Å². The lowest BCUT2D eigenvalue weighted by molar-refractivity contribution is -0.113. The highest BCUT2D eigenvalue weighted by Gasteiger charge is 2.14. The third-order valence-electron chi connectivity index (χ3n) is 3.91. The monoisotopic (exact) mass is 414 g/mol. The zero-order valence-electron chi connectivity index (χ0n) is 15.6. The number of amides is 1. The number of carbonyl (C=O) groups excluding carboxylic acids is 1. The number of thioether (sulfide) groups is 1. The molecule has 4 rings (SSSR count). The van der Waals surface area contributed by atoms with Crippen LogP contribution in [0.15, 0.2) is 29.4 Å². The Morgan fingerprint density at radius 2 is 2.11 bits per heavy atom. The normalized spacial score (nSPS) is 11.2. The molecule has 0 spiro atoms. The van der Waals surface area contributed by atoms with Crippen LogP contribution in [-0.4, -0.2) is 42.8 Å². The van der Waals surface area contributed by atoms with Crippen LogP contribution in [0.3, 0.4) is 0 Å². The first-order valence-corrected chi connectivity index (χ1v) is 10.5. The minimum Gasteiger partial charge on any atom is -0.494 e. The highest BCUT2D eigenvalue weighted by Crippen LogP contribution is 2.29. The summed E-state index contributed by atoms with van der Waals surface area (Å²) in [4.78, 5) is 21.2. The third-order valence-corrected chi connectivity index (χ3v) is 5.78. The number of hydrogen-bond donors (Lipinski definition) is 1. The van der Waals surface area contributed by atoms with Crippen LogP contribution in [0.25, 0.3) is 16.0 Å². The van der Waals surface area contributed by atoms with Crippen molar-refractivity contribution in [2.24, 2.45) is 0 Å². The highest BCUT2D eigenvalue weighted by molar-refractivity contribution is 7.99. The number of rotatable bonds is 6. The second-order valence-corrected chi connectivity index (χ2v) is 8.05. The summed E-state index contributed by atoms with van der Waals surface area (Å²) in [6.07, 6.45) is 0. The average molecular weight is 415 g/mol. The molecule has 1 aromatic carbocycles. The highest BCUT2D eigenvalue weighted by atomic mass is 32.2. The molecule has 1 amide bonds. The maximum Gasteiger partial charge on any atom is 0.256 e. The fraction of sp³-hybridized carbons (Fsp3) is 0.278. The van der Waals surface area contributed by atoms with Crippen LogP contribution < -0.4 is 10.1 Å². The smallest absolute Gasteiger partial charge is 0.256 e. The van der Waals surface area contributed by atoms with Crippen molar-refractivity contribution < 1.29 is 9.53 Å². The molecule has 0 saturated carbocycles. The van der Waals surface area contributed by atoms with E-state index in [1.165, 1.54) is 23.1 Å². The molecule has 3 heterocycles. The van der Waals surface area contributed by atoms with Gasteiger partial charge < -0.3 is 10.1 Å². The number of ether oxygens (including phenoxy) is 1. The molecular weight excluding hydrogens is 396 g/mol. The van der Waals surface area contributed by atoms with Crippen molar-refractivity contribution in [1.82, 2.24) is 24.6 Å². The molecule has 10 heteroatoms. The lowest BCUT2D eigenvalue weighted by Crippen LogP contribution is -2.14. The van der Waals surface area contributed by atoms with E-state index in [0.717, 1.165) is 27.4 Å². The molecule has 144 valence electrons. The summed E-state index contributed by atoms with van der Waals surface area (Å²) in [5.74, 6) is 1.39. The Bertz CT molecular complexity index is 1170. The largest absolute Gasteiger partial charge is 0.494 e. The van der Waals surface area contributed by atoms with Crippen molar-refractivity contribution >= 4 is 50.1 Å². The van der Waals surface area contributed by atoms with Gasteiger partial charge in [-0.2, -0.15) is 0 Å². The van der Waals surface area contributed by atoms with E-state index in [1.807, 2.05) is 49.4 Å². The first-order valence-electron chi connectivity index (χ1n) is 8.69. The van der Waals surface area contributed by atoms with Gasteiger partial charge in [0.2, 0.25) is 5.91 Å². The summed E-state index contributed by atoms with van der Waals surface area (Å²) >= 11 is 2.73. The number of benzene rings is 1. The molecule has 1 N–H and O–H groups in total. The molecule has 4 aromatic rings. The molecule has 0 radical (unpaired) electrons. The predicted molar refractivity (Wildman–Crippen MR) is 110 cm³/mol. The quantitative estimate of drug-likeness (QED) is 0.483. The Labute approximate surface area is 169 Å². The second kappa shape index (κ2) is 7.72. The Morgan fingerprint density at radius 1 is 1.25 bits per heavy atom. The van der Waals surface area contributed by atoms with Gasteiger partial charge >= 0.3 is 0 Å². The standard InChI is InChI=1S/C18H18N6O2S2/c1-4-26-12-5-6-13-14(8-12)28-17(20-13)21-15(25)9-27-18-23-22-16-19-10(2)7-11(3)24(16)18/h5-8H,4,9H2,1-3H3,(H,20,21,25). The molecular formula is C18H18N6O2S2. The number of hydrogen-bond acceptors (Lipinski definition) is 8. The lowest BCUT2D eigenvalue weighted by Gasteiger charge is -2.04. The van der Waals surface area contributed by atoms with E-state index in [2.05, 4.69) is 25.5 Å². The molecule has 0 aliphatic carbocycles. The molecule has 0 saturated heterocycles. The van der Waals surface area contributed by atoms with Crippen LogP contribution in [0.2, 0.25) is 0 Å². The molecule has 0 fully saturated rings. The van der Waals surface area contributed by atoms with E-state index in [9.17, 15) is 4.79 Å². The second-order valence-electron chi connectivity index (χ2n) is 6.08. The number of fused-ring (bicyclic) bond motifs is 2. The average Bonchev–Trinajstić information content (AvgIpc) is 3.23. The number of aromatic nitrogens is 5. The zero-order chi connectivity index (χ0) is 19.7. The Morgan fingerprint density at radius 3 is 2.93 bits per heavy atom. The van der Waals surface area contributed by atoms with E-state index in [1.54, 1.807) is 0 Å². The van der Waals surface area contributed by atoms with E-state index < -0.39 is 0 Å². The van der Waals surface area contributed by atoms with Gasteiger partial charge in [-0.1, -0.05) is 23.1 Å². The molecule has 0 aliphatic rings. The SMILES string of the molecule is CCOc1ccc2nc(NC(=O)CSc3nnc4nc(C)cc(C)n34)sc2c1. The van der Waals surface area contributed by atoms with E-state index in [-0.39, 0.29) is 11.7 Å². The van der Waals surface area contributed by atoms with Gasteiger partial charge in [-0.05, 0) is 45.0 Å². The number of carbonyl (C=O) groups is 1. The van der Waals surface area contributed by atoms with Crippen molar-refractivity contribution in [3.05, 3.63) is 35.7 Å². The molecule has 0 atom stereocenters.